The number of hydrogen-bond acceptors (Lipinski definition) is 12. The van der Waals surface area contributed by atoms with Crippen LogP contribution >= 0.6 is 11.5 Å². The fraction of sp³-hybridized carbons (Fsp3) is 0.273. The van der Waals surface area contributed by atoms with Crippen LogP contribution in [0.2, 0.25) is 0 Å². The zero-order valence-corrected chi connectivity index (χ0v) is 28.1. The van der Waals surface area contributed by atoms with E-state index >= 15 is 0 Å². The molecule has 0 saturated carbocycles. The molecule has 5 amide bonds. The quantitative estimate of drug-likeness (QED) is 0.176. The van der Waals surface area contributed by atoms with Gasteiger partial charge in [-0.1, -0.05) is 12.1 Å². The second kappa shape index (κ2) is 13.1. The molecule has 19 heteroatoms. The summed E-state index contributed by atoms with van der Waals surface area (Å²) in [6, 6.07) is 10.3. The predicted molar refractivity (Wildman–Crippen MR) is 176 cm³/mol. The van der Waals surface area contributed by atoms with Gasteiger partial charge in [0, 0.05) is 12.3 Å². The highest BCUT2D eigenvalue weighted by Crippen LogP contribution is 2.40. The minimum atomic E-state index is -4.88. The third-order valence-corrected chi connectivity index (χ3v) is 8.99. The third-order valence-electron chi connectivity index (χ3n) is 8.12. The van der Waals surface area contributed by atoms with Crippen molar-refractivity contribution < 1.29 is 56.5 Å². The maximum atomic E-state index is 13.7. The van der Waals surface area contributed by atoms with E-state index in [0.717, 1.165) is 36.6 Å². The van der Waals surface area contributed by atoms with Crippen LogP contribution in [0.15, 0.2) is 48.5 Å². The number of hydrogen-bond donors (Lipinski definition) is 3. The summed E-state index contributed by atoms with van der Waals surface area (Å²) < 4.78 is 56.2. The number of aliphatic hydroxyl groups is 1. The van der Waals surface area contributed by atoms with Gasteiger partial charge in [-0.05, 0) is 61.8 Å². The fourth-order valence-corrected chi connectivity index (χ4v) is 6.78. The average molecular weight is 741 g/mol. The Kier molecular flexibility index (Phi) is 9.06. The number of rotatable bonds is 8. The number of ether oxygens (including phenoxy) is 2. The lowest BCUT2D eigenvalue weighted by Crippen LogP contribution is -2.57. The van der Waals surface area contributed by atoms with Crippen molar-refractivity contribution in [3.05, 3.63) is 76.5 Å². The summed E-state index contributed by atoms with van der Waals surface area (Å²) >= 11 is 0.716. The number of halogens is 3. The molecule has 0 bridgehead atoms. The van der Waals surface area contributed by atoms with Gasteiger partial charge in [0.05, 0.1) is 51.5 Å². The maximum absolute atomic E-state index is 13.7. The van der Waals surface area contributed by atoms with Gasteiger partial charge in [-0.25, -0.2) is 9.88 Å². The minimum Gasteiger partial charge on any atom is -0.449 e. The standard InChI is InChI=1S/C33H27F3N6O9S/c1-14(43)51-22(23-31(48)41(12-13-50-23)20-11-9-18(33(34,35)36)25(39-20)32(2,3)49)28(45)38-19-10-8-17-24(21(19)26(37)44)52-40-27(17)42-29(46)15-6-4-5-7-16(15)30(42)47/h4-11,22-23,49H,12-13H2,1-3H3,(H2,37,44)(H,38,45)/t22-,23-/m1/s1. The van der Waals surface area contributed by atoms with Gasteiger partial charge < -0.3 is 25.6 Å². The molecular formula is C33H27F3N6O9S. The molecule has 2 aliphatic heterocycles. The van der Waals surface area contributed by atoms with Crippen molar-refractivity contribution in [1.82, 2.24) is 9.36 Å². The predicted octanol–water partition coefficient (Wildman–Crippen LogP) is 3.14. The lowest BCUT2D eigenvalue weighted by Gasteiger charge is -2.35. The molecule has 2 aliphatic rings. The van der Waals surface area contributed by atoms with E-state index in [1.807, 2.05) is 0 Å². The highest BCUT2D eigenvalue weighted by Gasteiger charge is 2.45. The molecule has 2 aromatic carbocycles. The summed E-state index contributed by atoms with van der Waals surface area (Å²) in [6.07, 6.45) is -8.71. The zero-order chi connectivity index (χ0) is 37.9. The van der Waals surface area contributed by atoms with Gasteiger partial charge in [0.25, 0.3) is 29.5 Å². The number of nitrogens with one attached hydrogen (secondary N) is 1. The Hall–Kier alpha value is -5.79. The monoisotopic (exact) mass is 740 g/mol. The summed E-state index contributed by atoms with van der Waals surface area (Å²) in [5.41, 5.74) is 1.48. The lowest BCUT2D eigenvalue weighted by atomic mass is 9.98. The number of amides is 5. The highest BCUT2D eigenvalue weighted by atomic mass is 32.1. The number of morpholine rings is 1. The summed E-state index contributed by atoms with van der Waals surface area (Å²) in [6.45, 7) is 2.64. The Morgan fingerprint density at radius 1 is 1.06 bits per heavy atom. The molecule has 4 heterocycles. The number of pyridine rings is 1. The molecule has 0 spiro atoms. The molecule has 0 unspecified atom stereocenters. The number of nitrogens with zero attached hydrogens (tertiary/aromatic N) is 4. The largest absolute Gasteiger partial charge is 0.449 e. The van der Waals surface area contributed by atoms with E-state index in [1.54, 1.807) is 12.1 Å². The first-order valence-corrected chi connectivity index (χ1v) is 16.1. The molecule has 4 aromatic rings. The molecule has 1 fully saturated rings. The molecule has 2 aromatic heterocycles. The Bertz CT molecular complexity index is 2160. The number of imide groups is 1. The highest BCUT2D eigenvalue weighted by molar-refractivity contribution is 7.14. The topological polar surface area (TPSA) is 211 Å². The number of nitrogens with two attached hydrogens (primary N) is 1. The number of carbonyl (C=O) groups excluding carboxylic acids is 6. The summed E-state index contributed by atoms with van der Waals surface area (Å²) in [5.74, 6) is -5.87. The van der Waals surface area contributed by atoms with Gasteiger partial charge in [0.2, 0.25) is 6.10 Å². The molecule has 2 atom stereocenters. The van der Waals surface area contributed by atoms with Crippen LogP contribution in [0.1, 0.15) is 63.1 Å². The first kappa shape index (κ1) is 36.0. The van der Waals surface area contributed by atoms with Crippen LogP contribution in [0.3, 0.4) is 0 Å². The Labute approximate surface area is 295 Å². The fourth-order valence-electron chi connectivity index (χ4n) is 5.86. The number of alkyl halides is 3. The summed E-state index contributed by atoms with van der Waals surface area (Å²) in [4.78, 5) is 84.4. The molecule has 0 radical (unpaired) electrons. The van der Waals surface area contributed by atoms with Crippen LogP contribution in [0.4, 0.5) is 30.5 Å². The molecule has 52 heavy (non-hydrogen) atoms. The minimum absolute atomic E-state index is 0.0738. The van der Waals surface area contributed by atoms with Crippen LogP contribution in [0.5, 0.6) is 0 Å². The van der Waals surface area contributed by atoms with Crippen LogP contribution in [0, 0.1) is 0 Å². The van der Waals surface area contributed by atoms with Crippen molar-refractivity contribution in [3.8, 4) is 0 Å². The third kappa shape index (κ3) is 6.33. The van der Waals surface area contributed by atoms with Gasteiger partial charge in [-0.2, -0.15) is 17.5 Å². The van der Waals surface area contributed by atoms with E-state index in [4.69, 9.17) is 15.2 Å². The van der Waals surface area contributed by atoms with E-state index in [1.165, 1.54) is 24.3 Å². The van der Waals surface area contributed by atoms with Crippen molar-refractivity contribution in [2.75, 3.05) is 28.3 Å². The average Bonchev–Trinajstić information content (AvgIpc) is 3.59. The number of aromatic nitrogens is 2. The second-order valence-electron chi connectivity index (χ2n) is 12.1. The van der Waals surface area contributed by atoms with Crippen LogP contribution in [-0.2, 0) is 35.6 Å². The van der Waals surface area contributed by atoms with Crippen molar-refractivity contribution in [2.45, 2.75) is 44.8 Å². The number of primary amides is 1. The molecule has 0 aliphatic carbocycles. The van der Waals surface area contributed by atoms with Crippen LogP contribution in [-0.4, -0.2) is 75.3 Å². The molecule has 270 valence electrons. The summed E-state index contributed by atoms with van der Waals surface area (Å²) in [7, 11) is 0. The molecule has 4 N–H and O–H groups in total. The van der Waals surface area contributed by atoms with Crippen molar-refractivity contribution >= 4 is 74.4 Å². The number of benzene rings is 2. The Morgan fingerprint density at radius 3 is 2.29 bits per heavy atom. The summed E-state index contributed by atoms with van der Waals surface area (Å²) in [5, 5.41) is 13.0. The first-order chi connectivity index (χ1) is 24.4. The van der Waals surface area contributed by atoms with E-state index in [9.17, 15) is 47.0 Å². The first-order valence-electron chi connectivity index (χ1n) is 15.3. The van der Waals surface area contributed by atoms with Gasteiger partial charge in [-0.3, -0.25) is 33.7 Å². The zero-order valence-electron chi connectivity index (χ0n) is 27.3. The number of carbonyl (C=O) groups is 6. The van der Waals surface area contributed by atoms with Gasteiger partial charge in [0.1, 0.15) is 11.4 Å². The molecular weight excluding hydrogens is 713 g/mol. The van der Waals surface area contributed by atoms with E-state index < -0.39 is 70.7 Å². The molecule has 15 nitrogen and oxygen atoms in total. The van der Waals surface area contributed by atoms with Crippen LogP contribution < -0.4 is 20.9 Å². The molecule has 1 saturated heterocycles. The SMILES string of the molecule is CC(=O)O[C@@H](C(=O)Nc1ccc2c(N3C(=O)c4ccccc4C3=O)nsc2c1C(N)=O)[C@H]1OCCN(c2ccc(C(F)(F)F)c(C(C)(C)O)n2)C1=O. The number of fused-ring (bicyclic) bond motifs is 2. The normalized spacial score (nSPS) is 17.0. The van der Waals surface area contributed by atoms with E-state index in [2.05, 4.69) is 14.7 Å². The Morgan fingerprint density at radius 2 is 1.71 bits per heavy atom. The van der Waals surface area contributed by atoms with Gasteiger partial charge in [-0.15, -0.1) is 0 Å². The second-order valence-corrected chi connectivity index (χ2v) is 12.9. The van der Waals surface area contributed by atoms with E-state index in [0.29, 0.717) is 17.6 Å². The van der Waals surface area contributed by atoms with Crippen molar-refractivity contribution in [3.63, 3.8) is 0 Å². The van der Waals surface area contributed by atoms with Crippen molar-refractivity contribution in [1.29, 1.82) is 0 Å². The van der Waals surface area contributed by atoms with Gasteiger partial charge in [0.15, 0.2) is 11.9 Å². The van der Waals surface area contributed by atoms with Crippen LogP contribution in [0.25, 0.3) is 10.1 Å². The maximum Gasteiger partial charge on any atom is 0.418 e. The molecule has 6 rings (SSSR count). The smallest absolute Gasteiger partial charge is 0.418 e. The lowest BCUT2D eigenvalue weighted by molar-refractivity contribution is -0.167. The Balaban J connectivity index is 1.31. The number of esters is 1. The number of anilines is 3. The van der Waals surface area contributed by atoms with Crippen molar-refractivity contribution in [2.24, 2.45) is 5.73 Å². The van der Waals surface area contributed by atoms with E-state index in [-0.39, 0.29) is 57.3 Å². The van der Waals surface area contributed by atoms with Gasteiger partial charge >= 0.3 is 12.1 Å².